The fraction of sp³-hybridized carbons (Fsp3) is 0.733. The molecule has 0 aliphatic carbocycles. The second-order valence-corrected chi connectivity index (χ2v) is 6.14. The number of hydrogen-bond acceptors (Lipinski definition) is 3. The number of hydrogen-bond donors (Lipinski definition) is 1. The van der Waals surface area contributed by atoms with Crippen molar-refractivity contribution in [3.63, 3.8) is 0 Å². The molecule has 0 saturated heterocycles. The van der Waals surface area contributed by atoms with Crippen molar-refractivity contribution in [1.82, 2.24) is 15.3 Å². The third-order valence-corrected chi connectivity index (χ3v) is 3.29. The van der Waals surface area contributed by atoms with Gasteiger partial charge in [-0.15, -0.1) is 0 Å². The molecular weight excluding hydrogens is 222 g/mol. The van der Waals surface area contributed by atoms with Gasteiger partial charge in [-0.05, 0) is 41.0 Å². The Bertz CT molecular complexity index is 382. The lowest BCUT2D eigenvalue weighted by Gasteiger charge is -2.22. The smallest absolute Gasteiger partial charge is 0.131 e. The molecule has 1 rings (SSSR count). The highest BCUT2D eigenvalue weighted by molar-refractivity contribution is 5.25. The van der Waals surface area contributed by atoms with Crippen LogP contribution in [0.25, 0.3) is 0 Å². The van der Waals surface area contributed by atoms with Crippen LogP contribution in [0.4, 0.5) is 0 Å². The molecule has 0 amide bonds. The predicted molar refractivity (Wildman–Crippen MR) is 76.8 cm³/mol. The van der Waals surface area contributed by atoms with E-state index in [1.807, 2.05) is 0 Å². The van der Waals surface area contributed by atoms with Crippen molar-refractivity contribution < 1.29 is 0 Å². The summed E-state index contributed by atoms with van der Waals surface area (Å²) in [4.78, 5) is 9.31. The van der Waals surface area contributed by atoms with E-state index in [-0.39, 0.29) is 5.54 Å². The van der Waals surface area contributed by atoms with Gasteiger partial charge in [0.2, 0.25) is 0 Å². The zero-order valence-electron chi connectivity index (χ0n) is 12.9. The molecule has 0 saturated carbocycles. The number of nitrogens with zero attached hydrogens (tertiary/aromatic N) is 2. The van der Waals surface area contributed by atoms with Crippen molar-refractivity contribution >= 4 is 0 Å². The molecule has 3 heteroatoms. The second kappa shape index (κ2) is 5.79. The van der Waals surface area contributed by atoms with Crippen molar-refractivity contribution in [2.45, 2.75) is 72.9 Å². The van der Waals surface area contributed by atoms with E-state index in [2.05, 4.69) is 63.8 Å². The molecule has 1 atom stereocenters. The maximum atomic E-state index is 4.65. The molecule has 1 aromatic heterocycles. The number of nitrogens with one attached hydrogen (secondary N) is 1. The lowest BCUT2D eigenvalue weighted by Crippen LogP contribution is -2.35. The molecule has 0 aliphatic heterocycles. The standard InChI is InChI=1S/C15H27N3/c1-8-10(2)14-17-11(3)13(12(4)18-14)9-16-15(5,6)7/h10,16H,8-9H2,1-7H3. The fourth-order valence-corrected chi connectivity index (χ4v) is 1.78. The first-order valence-electron chi connectivity index (χ1n) is 6.83. The van der Waals surface area contributed by atoms with Gasteiger partial charge in [-0.1, -0.05) is 13.8 Å². The number of rotatable bonds is 4. The van der Waals surface area contributed by atoms with Gasteiger partial charge in [0.1, 0.15) is 5.82 Å². The molecule has 0 aromatic carbocycles. The third kappa shape index (κ3) is 4.05. The Hall–Kier alpha value is -0.960. The van der Waals surface area contributed by atoms with Gasteiger partial charge in [0, 0.05) is 35.0 Å². The van der Waals surface area contributed by atoms with Crippen molar-refractivity contribution in [2.75, 3.05) is 0 Å². The van der Waals surface area contributed by atoms with Gasteiger partial charge < -0.3 is 5.32 Å². The molecule has 0 aliphatic rings. The SMILES string of the molecule is CCC(C)c1nc(C)c(CNC(C)(C)C)c(C)n1. The molecule has 18 heavy (non-hydrogen) atoms. The van der Waals surface area contributed by atoms with Gasteiger partial charge in [0.15, 0.2) is 0 Å². The minimum absolute atomic E-state index is 0.119. The largest absolute Gasteiger partial charge is 0.308 e. The zero-order valence-corrected chi connectivity index (χ0v) is 12.9. The summed E-state index contributed by atoms with van der Waals surface area (Å²) < 4.78 is 0. The van der Waals surface area contributed by atoms with E-state index in [1.54, 1.807) is 0 Å². The van der Waals surface area contributed by atoms with Gasteiger partial charge in [-0.2, -0.15) is 0 Å². The van der Waals surface area contributed by atoms with E-state index in [4.69, 9.17) is 0 Å². The molecule has 0 fully saturated rings. The highest BCUT2D eigenvalue weighted by atomic mass is 15.0. The quantitative estimate of drug-likeness (QED) is 0.887. The molecule has 1 heterocycles. The van der Waals surface area contributed by atoms with Crippen LogP contribution in [-0.4, -0.2) is 15.5 Å². The minimum atomic E-state index is 0.119. The van der Waals surface area contributed by atoms with Gasteiger partial charge in [-0.3, -0.25) is 0 Å². The van der Waals surface area contributed by atoms with Crippen LogP contribution in [0, 0.1) is 13.8 Å². The maximum absolute atomic E-state index is 4.65. The first kappa shape index (κ1) is 15.1. The van der Waals surface area contributed by atoms with Crippen molar-refractivity contribution in [3.05, 3.63) is 22.8 Å². The summed E-state index contributed by atoms with van der Waals surface area (Å²) >= 11 is 0. The van der Waals surface area contributed by atoms with Crippen LogP contribution in [0.3, 0.4) is 0 Å². The molecule has 3 nitrogen and oxygen atoms in total. The van der Waals surface area contributed by atoms with Gasteiger partial charge in [-0.25, -0.2) is 9.97 Å². The molecular formula is C15H27N3. The van der Waals surface area contributed by atoms with Crippen LogP contribution in [0.5, 0.6) is 0 Å². The number of aryl methyl sites for hydroxylation is 2. The Morgan fingerprint density at radius 1 is 1.11 bits per heavy atom. The normalized spacial score (nSPS) is 13.7. The molecule has 0 radical (unpaired) electrons. The predicted octanol–water partition coefficient (Wildman–Crippen LogP) is 3.50. The van der Waals surface area contributed by atoms with Crippen LogP contribution in [0.2, 0.25) is 0 Å². The highest BCUT2D eigenvalue weighted by Crippen LogP contribution is 2.18. The number of aromatic nitrogens is 2. The first-order valence-corrected chi connectivity index (χ1v) is 6.83. The van der Waals surface area contributed by atoms with E-state index < -0.39 is 0 Å². The monoisotopic (exact) mass is 249 g/mol. The van der Waals surface area contributed by atoms with Crippen LogP contribution in [0.1, 0.15) is 69.7 Å². The molecule has 0 spiro atoms. The third-order valence-electron chi connectivity index (χ3n) is 3.29. The van der Waals surface area contributed by atoms with Crippen molar-refractivity contribution in [1.29, 1.82) is 0 Å². The summed E-state index contributed by atoms with van der Waals surface area (Å²) in [7, 11) is 0. The molecule has 102 valence electrons. The zero-order chi connectivity index (χ0) is 13.9. The Morgan fingerprint density at radius 3 is 2.00 bits per heavy atom. The van der Waals surface area contributed by atoms with Gasteiger partial charge in [0.25, 0.3) is 0 Å². The molecule has 1 N–H and O–H groups in total. The Kier molecular flexibility index (Phi) is 4.85. The van der Waals surface area contributed by atoms with E-state index in [9.17, 15) is 0 Å². The average molecular weight is 249 g/mol. The first-order chi connectivity index (χ1) is 8.24. The van der Waals surface area contributed by atoms with Crippen molar-refractivity contribution in [3.8, 4) is 0 Å². The van der Waals surface area contributed by atoms with Crippen LogP contribution < -0.4 is 5.32 Å². The Labute approximate surface area is 111 Å². The van der Waals surface area contributed by atoms with Crippen LogP contribution in [-0.2, 0) is 6.54 Å². The summed E-state index contributed by atoms with van der Waals surface area (Å²) in [5.74, 6) is 1.42. The lowest BCUT2D eigenvalue weighted by molar-refractivity contribution is 0.422. The summed E-state index contributed by atoms with van der Waals surface area (Å²) in [5.41, 5.74) is 3.56. The van der Waals surface area contributed by atoms with Crippen LogP contribution >= 0.6 is 0 Å². The van der Waals surface area contributed by atoms with E-state index >= 15 is 0 Å². The van der Waals surface area contributed by atoms with Gasteiger partial charge >= 0.3 is 0 Å². The maximum Gasteiger partial charge on any atom is 0.131 e. The summed E-state index contributed by atoms with van der Waals surface area (Å²) in [6.45, 7) is 15.9. The molecule has 1 aromatic rings. The topological polar surface area (TPSA) is 37.8 Å². The summed E-state index contributed by atoms with van der Waals surface area (Å²) in [6, 6.07) is 0. The minimum Gasteiger partial charge on any atom is -0.308 e. The lowest BCUT2D eigenvalue weighted by atomic mass is 10.1. The van der Waals surface area contributed by atoms with Gasteiger partial charge in [0.05, 0.1) is 0 Å². The Balaban J connectivity index is 2.94. The van der Waals surface area contributed by atoms with E-state index in [0.717, 1.165) is 30.2 Å². The average Bonchev–Trinajstić information content (AvgIpc) is 2.25. The Morgan fingerprint density at radius 2 is 1.61 bits per heavy atom. The van der Waals surface area contributed by atoms with Crippen molar-refractivity contribution in [2.24, 2.45) is 0 Å². The summed E-state index contributed by atoms with van der Waals surface area (Å²) in [5, 5.41) is 3.50. The molecule has 0 bridgehead atoms. The summed E-state index contributed by atoms with van der Waals surface area (Å²) in [6.07, 6.45) is 1.08. The highest BCUT2D eigenvalue weighted by Gasteiger charge is 2.15. The van der Waals surface area contributed by atoms with E-state index in [1.165, 1.54) is 5.56 Å². The second-order valence-electron chi connectivity index (χ2n) is 6.14. The molecule has 1 unspecified atom stereocenters. The van der Waals surface area contributed by atoms with Crippen LogP contribution in [0.15, 0.2) is 0 Å². The van der Waals surface area contributed by atoms with E-state index in [0.29, 0.717) is 5.92 Å². The fourth-order valence-electron chi connectivity index (χ4n) is 1.78.